The molecule has 4 nitrogen and oxygen atoms in total. The van der Waals surface area contributed by atoms with Gasteiger partial charge in [0.15, 0.2) is 0 Å². The van der Waals surface area contributed by atoms with Gasteiger partial charge in [0.05, 0.1) is 5.71 Å². The Bertz CT molecular complexity index is 586. The van der Waals surface area contributed by atoms with Gasteiger partial charge < -0.3 is 5.32 Å². The van der Waals surface area contributed by atoms with Crippen LogP contribution in [0.5, 0.6) is 0 Å². The van der Waals surface area contributed by atoms with Crippen LogP contribution in [0.15, 0.2) is 40.6 Å². The van der Waals surface area contributed by atoms with E-state index < -0.39 is 0 Å². The van der Waals surface area contributed by atoms with E-state index in [1.807, 2.05) is 39.8 Å². The number of carbonyl (C=O) groups excluding carboxylic acids is 2. The van der Waals surface area contributed by atoms with Crippen LogP contribution in [0.3, 0.4) is 0 Å². The van der Waals surface area contributed by atoms with Gasteiger partial charge in [-0.3, -0.25) is 9.59 Å². The van der Waals surface area contributed by atoms with Gasteiger partial charge in [0.2, 0.25) is 11.8 Å². The number of hydrogen-bond acceptors (Lipinski definition) is 2. The van der Waals surface area contributed by atoms with Crippen LogP contribution in [-0.2, 0) is 9.59 Å². The van der Waals surface area contributed by atoms with Gasteiger partial charge >= 0.3 is 0 Å². The molecular formula is C17H22N2O2. The summed E-state index contributed by atoms with van der Waals surface area (Å²) in [6.07, 6.45) is 8.53. The van der Waals surface area contributed by atoms with Gasteiger partial charge in [0.25, 0.3) is 0 Å². The minimum absolute atomic E-state index is 0.0770. The van der Waals surface area contributed by atoms with Crippen LogP contribution in [0.1, 0.15) is 40.5 Å². The third-order valence-electron chi connectivity index (χ3n) is 3.42. The van der Waals surface area contributed by atoms with E-state index in [1.54, 1.807) is 12.2 Å². The fourth-order valence-electron chi connectivity index (χ4n) is 2.50. The van der Waals surface area contributed by atoms with Crippen molar-refractivity contribution in [1.82, 2.24) is 5.32 Å². The monoisotopic (exact) mass is 286 g/mol. The van der Waals surface area contributed by atoms with Gasteiger partial charge in [-0.25, -0.2) is 4.99 Å². The molecule has 0 saturated heterocycles. The van der Waals surface area contributed by atoms with Crippen molar-refractivity contribution in [2.75, 3.05) is 0 Å². The molecule has 0 radical (unpaired) electrons. The normalized spacial score (nSPS) is 23.3. The lowest BCUT2D eigenvalue weighted by Crippen LogP contribution is -2.33. The van der Waals surface area contributed by atoms with E-state index in [0.29, 0.717) is 12.1 Å². The van der Waals surface area contributed by atoms with Crippen molar-refractivity contribution in [3.05, 3.63) is 35.6 Å². The smallest absolute Gasteiger partial charge is 0.248 e. The number of carbonyl (C=O) groups is 2. The molecule has 1 aliphatic heterocycles. The van der Waals surface area contributed by atoms with E-state index in [1.165, 1.54) is 0 Å². The van der Waals surface area contributed by atoms with E-state index >= 15 is 0 Å². The highest BCUT2D eigenvalue weighted by atomic mass is 16.2. The van der Waals surface area contributed by atoms with Crippen molar-refractivity contribution in [1.29, 1.82) is 0 Å². The summed E-state index contributed by atoms with van der Waals surface area (Å²) in [6, 6.07) is 0. The van der Waals surface area contributed by atoms with Gasteiger partial charge in [-0.1, -0.05) is 39.3 Å². The molecule has 1 unspecified atom stereocenters. The molecule has 0 spiro atoms. The summed E-state index contributed by atoms with van der Waals surface area (Å²) in [4.78, 5) is 27.7. The molecule has 2 rings (SSSR count). The number of rotatable bonds is 2. The van der Waals surface area contributed by atoms with Crippen LogP contribution < -0.4 is 5.32 Å². The van der Waals surface area contributed by atoms with Crippen LogP contribution in [0.25, 0.3) is 0 Å². The Labute approximate surface area is 125 Å². The second kappa shape index (κ2) is 5.80. The van der Waals surface area contributed by atoms with Gasteiger partial charge in [0, 0.05) is 24.1 Å². The lowest BCUT2D eigenvalue weighted by atomic mass is 9.86. The maximum atomic E-state index is 11.9. The molecule has 0 aromatic heterocycles. The van der Waals surface area contributed by atoms with Crippen LogP contribution in [0.2, 0.25) is 0 Å². The van der Waals surface area contributed by atoms with Gasteiger partial charge in [-0.2, -0.15) is 0 Å². The number of aliphatic imine (C=N–C) groups is 1. The molecule has 1 atom stereocenters. The first kappa shape index (κ1) is 15.4. The molecule has 112 valence electrons. The quantitative estimate of drug-likeness (QED) is 0.848. The SMILES string of the molecule is CCC1=CC(=O)NC2=CC(=NC(=O)CC(C)(C)C)C=CC12. The summed E-state index contributed by atoms with van der Waals surface area (Å²) in [5.74, 6) is -0.139. The standard InChI is InChI=1S/C17H22N2O2/c1-5-11-8-15(20)19-14-9-12(6-7-13(11)14)18-16(21)10-17(2,3)4/h6-9,13H,5,10H2,1-4H3,(H,19,20). The third kappa shape index (κ3) is 4.00. The first-order valence-corrected chi connectivity index (χ1v) is 7.31. The first-order chi connectivity index (χ1) is 9.78. The van der Waals surface area contributed by atoms with Crippen molar-refractivity contribution in [2.45, 2.75) is 40.5 Å². The molecule has 0 bridgehead atoms. The average Bonchev–Trinajstić information content (AvgIpc) is 2.34. The number of nitrogens with one attached hydrogen (secondary N) is 1. The fourth-order valence-corrected chi connectivity index (χ4v) is 2.50. The lowest BCUT2D eigenvalue weighted by Gasteiger charge is -2.27. The molecule has 2 aliphatic rings. The Morgan fingerprint density at radius 3 is 2.67 bits per heavy atom. The van der Waals surface area contributed by atoms with Crippen molar-refractivity contribution in [3.63, 3.8) is 0 Å². The molecule has 0 fully saturated rings. The molecule has 1 N–H and O–H groups in total. The maximum Gasteiger partial charge on any atom is 0.248 e. The Balaban J connectivity index is 2.20. The van der Waals surface area contributed by atoms with Crippen LogP contribution in [-0.4, -0.2) is 17.5 Å². The van der Waals surface area contributed by atoms with E-state index in [0.717, 1.165) is 17.7 Å². The minimum Gasteiger partial charge on any atom is -0.325 e. The number of amides is 2. The fraction of sp³-hybridized carbons (Fsp3) is 0.471. The van der Waals surface area contributed by atoms with Gasteiger partial charge in [0.1, 0.15) is 0 Å². The summed E-state index contributed by atoms with van der Waals surface area (Å²) in [5, 5.41) is 2.84. The molecular weight excluding hydrogens is 264 g/mol. The van der Waals surface area contributed by atoms with E-state index in [-0.39, 0.29) is 23.1 Å². The number of nitrogens with zero attached hydrogens (tertiary/aromatic N) is 1. The minimum atomic E-state index is -0.133. The third-order valence-corrected chi connectivity index (χ3v) is 3.42. The van der Waals surface area contributed by atoms with Crippen LogP contribution >= 0.6 is 0 Å². The molecule has 1 aliphatic carbocycles. The predicted molar refractivity (Wildman–Crippen MR) is 83.7 cm³/mol. The van der Waals surface area contributed by atoms with Crippen molar-refractivity contribution in [2.24, 2.45) is 16.3 Å². The van der Waals surface area contributed by atoms with E-state index in [2.05, 4.69) is 10.3 Å². The van der Waals surface area contributed by atoms with Crippen LogP contribution in [0, 0.1) is 11.3 Å². The maximum absolute atomic E-state index is 11.9. The Kier molecular flexibility index (Phi) is 4.26. The predicted octanol–water partition coefficient (Wildman–Crippen LogP) is 2.93. The second-order valence-corrected chi connectivity index (χ2v) is 6.67. The van der Waals surface area contributed by atoms with Crippen molar-refractivity contribution < 1.29 is 9.59 Å². The van der Waals surface area contributed by atoms with E-state index in [4.69, 9.17) is 0 Å². The number of hydrogen-bond donors (Lipinski definition) is 1. The molecule has 0 saturated carbocycles. The number of allylic oxidation sites excluding steroid dienone is 3. The zero-order chi connectivity index (χ0) is 15.6. The van der Waals surface area contributed by atoms with Gasteiger partial charge in [-0.05, 0) is 24.0 Å². The lowest BCUT2D eigenvalue weighted by molar-refractivity contribution is -0.119. The Morgan fingerprint density at radius 2 is 2.05 bits per heavy atom. The second-order valence-electron chi connectivity index (χ2n) is 6.67. The highest BCUT2D eigenvalue weighted by Gasteiger charge is 2.25. The molecule has 0 aromatic rings. The largest absolute Gasteiger partial charge is 0.325 e. The van der Waals surface area contributed by atoms with Crippen molar-refractivity contribution in [3.8, 4) is 0 Å². The highest BCUT2D eigenvalue weighted by Crippen LogP contribution is 2.29. The molecule has 1 heterocycles. The molecule has 2 amide bonds. The molecule has 4 heteroatoms. The molecule has 21 heavy (non-hydrogen) atoms. The summed E-state index contributed by atoms with van der Waals surface area (Å²) in [6.45, 7) is 8.06. The van der Waals surface area contributed by atoms with Crippen LogP contribution in [0.4, 0.5) is 0 Å². The van der Waals surface area contributed by atoms with Crippen molar-refractivity contribution >= 4 is 17.5 Å². The zero-order valence-electron chi connectivity index (χ0n) is 13.1. The molecule has 0 aromatic carbocycles. The van der Waals surface area contributed by atoms with Gasteiger partial charge in [-0.15, -0.1) is 0 Å². The summed E-state index contributed by atoms with van der Waals surface area (Å²) in [7, 11) is 0. The highest BCUT2D eigenvalue weighted by molar-refractivity contribution is 6.11. The first-order valence-electron chi connectivity index (χ1n) is 7.31. The topological polar surface area (TPSA) is 58.5 Å². The Hall–Kier alpha value is -1.97. The van der Waals surface area contributed by atoms with E-state index in [9.17, 15) is 9.59 Å². The average molecular weight is 286 g/mol. The number of fused-ring (bicyclic) bond motifs is 1. The zero-order valence-corrected chi connectivity index (χ0v) is 13.1. The summed E-state index contributed by atoms with van der Waals surface area (Å²) >= 11 is 0. The summed E-state index contributed by atoms with van der Waals surface area (Å²) < 4.78 is 0. The Morgan fingerprint density at radius 1 is 1.33 bits per heavy atom. The summed E-state index contributed by atoms with van der Waals surface area (Å²) in [5.41, 5.74) is 2.42.